The molecule has 0 aromatic heterocycles. The number of amides is 1. The molecule has 4 heteroatoms. The van der Waals surface area contributed by atoms with Gasteiger partial charge in [0.1, 0.15) is 0 Å². The van der Waals surface area contributed by atoms with E-state index in [1.165, 1.54) is 11.1 Å². The molecule has 1 aliphatic carbocycles. The molecule has 1 heterocycles. The number of benzene rings is 1. The molecule has 2 N–H and O–H groups in total. The average Bonchev–Trinajstić information content (AvgIpc) is 2.43. The van der Waals surface area contributed by atoms with Crippen LogP contribution >= 0.6 is 0 Å². The van der Waals surface area contributed by atoms with E-state index in [1.807, 2.05) is 0 Å². The molecule has 1 aromatic rings. The fraction of sp³-hybridized carbons (Fsp3) is 0.588. The van der Waals surface area contributed by atoms with Crippen LogP contribution in [0.5, 0.6) is 0 Å². The van der Waals surface area contributed by atoms with E-state index >= 15 is 0 Å². The lowest BCUT2D eigenvalue weighted by atomic mass is 9.85. The van der Waals surface area contributed by atoms with Gasteiger partial charge in [-0.2, -0.15) is 0 Å². The lowest BCUT2D eigenvalue weighted by Crippen LogP contribution is -2.44. The zero-order chi connectivity index (χ0) is 14.7. The van der Waals surface area contributed by atoms with E-state index in [2.05, 4.69) is 34.5 Å². The largest absolute Gasteiger partial charge is 0.390 e. The van der Waals surface area contributed by atoms with Crippen LogP contribution in [0.1, 0.15) is 30.4 Å². The number of aliphatic hydroxyl groups is 1. The Balaban J connectivity index is 1.43. The van der Waals surface area contributed by atoms with Crippen LogP contribution in [0.3, 0.4) is 0 Å². The van der Waals surface area contributed by atoms with Gasteiger partial charge in [0.25, 0.3) is 0 Å². The van der Waals surface area contributed by atoms with Crippen LogP contribution in [0, 0.1) is 5.92 Å². The maximum atomic E-state index is 11.7. The summed E-state index contributed by atoms with van der Waals surface area (Å²) in [6.45, 7) is 2.86. The number of nitrogens with one attached hydrogen (secondary N) is 1. The fourth-order valence-electron chi connectivity index (χ4n) is 3.11. The van der Waals surface area contributed by atoms with Gasteiger partial charge in [0, 0.05) is 32.1 Å². The topological polar surface area (TPSA) is 52.6 Å². The number of hydrogen-bond donors (Lipinski definition) is 2. The van der Waals surface area contributed by atoms with Gasteiger partial charge in [-0.3, -0.25) is 9.69 Å². The number of hydrogen-bond acceptors (Lipinski definition) is 3. The number of carbonyl (C=O) groups excluding carboxylic acids is 1. The fourth-order valence-corrected chi connectivity index (χ4v) is 3.11. The molecule has 1 amide bonds. The molecule has 2 aliphatic rings. The third kappa shape index (κ3) is 3.63. The highest BCUT2D eigenvalue weighted by Gasteiger charge is 2.25. The lowest BCUT2D eigenvalue weighted by Gasteiger charge is -2.31. The highest BCUT2D eigenvalue weighted by molar-refractivity contribution is 5.79. The summed E-state index contributed by atoms with van der Waals surface area (Å²) < 4.78 is 0. The molecule has 1 aliphatic heterocycles. The van der Waals surface area contributed by atoms with E-state index in [4.69, 9.17) is 0 Å². The Kier molecular flexibility index (Phi) is 4.56. The van der Waals surface area contributed by atoms with Gasteiger partial charge >= 0.3 is 0 Å². The summed E-state index contributed by atoms with van der Waals surface area (Å²) >= 11 is 0. The summed E-state index contributed by atoms with van der Waals surface area (Å²) in [7, 11) is 0. The molecule has 21 heavy (non-hydrogen) atoms. The Morgan fingerprint density at radius 2 is 2.10 bits per heavy atom. The minimum Gasteiger partial charge on any atom is -0.390 e. The minimum absolute atomic E-state index is 0.115. The summed E-state index contributed by atoms with van der Waals surface area (Å²) in [4.78, 5) is 14.0. The zero-order valence-corrected chi connectivity index (χ0v) is 12.4. The second-order valence-corrected chi connectivity index (χ2v) is 6.28. The van der Waals surface area contributed by atoms with Gasteiger partial charge in [0.15, 0.2) is 0 Å². The SMILES string of the molecule is O=C(NCC(O)CN1CCc2ccccc2C1)C1CCC1. The first kappa shape index (κ1) is 14.5. The number of rotatable bonds is 5. The quantitative estimate of drug-likeness (QED) is 0.859. The van der Waals surface area contributed by atoms with Crippen LogP contribution in [0.4, 0.5) is 0 Å². The molecule has 0 saturated heterocycles. The van der Waals surface area contributed by atoms with Crippen molar-refractivity contribution in [2.24, 2.45) is 5.92 Å². The van der Waals surface area contributed by atoms with Crippen molar-refractivity contribution >= 4 is 5.91 Å². The van der Waals surface area contributed by atoms with Crippen molar-refractivity contribution in [3.63, 3.8) is 0 Å². The van der Waals surface area contributed by atoms with E-state index < -0.39 is 6.10 Å². The van der Waals surface area contributed by atoms with Crippen molar-refractivity contribution in [1.82, 2.24) is 10.2 Å². The van der Waals surface area contributed by atoms with E-state index in [0.29, 0.717) is 13.1 Å². The van der Waals surface area contributed by atoms with Crippen LogP contribution in [-0.2, 0) is 17.8 Å². The second-order valence-electron chi connectivity index (χ2n) is 6.28. The van der Waals surface area contributed by atoms with Crippen molar-refractivity contribution in [2.45, 2.75) is 38.3 Å². The Labute approximate surface area is 126 Å². The molecule has 4 nitrogen and oxygen atoms in total. The van der Waals surface area contributed by atoms with Crippen LogP contribution in [-0.4, -0.2) is 41.7 Å². The molecule has 1 aromatic carbocycles. The number of nitrogens with zero attached hydrogens (tertiary/aromatic N) is 1. The van der Waals surface area contributed by atoms with Gasteiger partial charge in [-0.25, -0.2) is 0 Å². The molecular formula is C17H24N2O2. The van der Waals surface area contributed by atoms with Gasteiger partial charge in [0.05, 0.1) is 6.10 Å². The molecule has 1 atom stereocenters. The number of carbonyl (C=O) groups is 1. The molecule has 0 radical (unpaired) electrons. The normalized spacial score (nSPS) is 20.4. The molecular weight excluding hydrogens is 264 g/mol. The highest BCUT2D eigenvalue weighted by atomic mass is 16.3. The molecule has 1 saturated carbocycles. The number of fused-ring (bicyclic) bond motifs is 1. The highest BCUT2D eigenvalue weighted by Crippen LogP contribution is 2.26. The molecule has 1 unspecified atom stereocenters. The number of aliphatic hydroxyl groups excluding tert-OH is 1. The molecule has 3 rings (SSSR count). The van der Waals surface area contributed by atoms with Crippen molar-refractivity contribution < 1.29 is 9.90 Å². The van der Waals surface area contributed by atoms with Crippen LogP contribution < -0.4 is 5.32 Å². The van der Waals surface area contributed by atoms with Gasteiger partial charge in [0.2, 0.25) is 5.91 Å². The lowest BCUT2D eigenvalue weighted by molar-refractivity contribution is -0.127. The first-order valence-electron chi connectivity index (χ1n) is 7.97. The first-order valence-corrected chi connectivity index (χ1v) is 7.97. The predicted molar refractivity (Wildman–Crippen MR) is 81.8 cm³/mol. The van der Waals surface area contributed by atoms with Crippen LogP contribution in [0.25, 0.3) is 0 Å². The first-order chi connectivity index (χ1) is 10.2. The van der Waals surface area contributed by atoms with Gasteiger partial charge in [-0.1, -0.05) is 30.7 Å². The van der Waals surface area contributed by atoms with Crippen LogP contribution in [0.2, 0.25) is 0 Å². The van der Waals surface area contributed by atoms with Crippen molar-refractivity contribution in [3.05, 3.63) is 35.4 Å². The van der Waals surface area contributed by atoms with Crippen LogP contribution in [0.15, 0.2) is 24.3 Å². The third-order valence-corrected chi connectivity index (χ3v) is 4.67. The van der Waals surface area contributed by atoms with E-state index in [1.54, 1.807) is 0 Å². The summed E-state index contributed by atoms with van der Waals surface area (Å²) in [6, 6.07) is 8.49. The standard InChI is InChI=1S/C17H24N2O2/c20-16(10-18-17(21)14-6-3-7-14)12-19-9-8-13-4-1-2-5-15(13)11-19/h1-2,4-5,14,16,20H,3,6-12H2,(H,18,21). The van der Waals surface area contributed by atoms with E-state index in [-0.39, 0.29) is 11.8 Å². The Bertz CT molecular complexity index is 499. The molecule has 0 bridgehead atoms. The third-order valence-electron chi connectivity index (χ3n) is 4.67. The van der Waals surface area contributed by atoms with E-state index in [0.717, 1.165) is 38.8 Å². The average molecular weight is 288 g/mol. The predicted octanol–water partition coefficient (Wildman–Crippen LogP) is 1.32. The summed E-state index contributed by atoms with van der Waals surface area (Å²) in [5.41, 5.74) is 2.77. The Morgan fingerprint density at radius 1 is 1.33 bits per heavy atom. The Hall–Kier alpha value is -1.39. The summed E-state index contributed by atoms with van der Waals surface area (Å²) in [5, 5.41) is 13.0. The van der Waals surface area contributed by atoms with Crippen molar-refractivity contribution in [3.8, 4) is 0 Å². The molecule has 0 spiro atoms. The summed E-state index contributed by atoms with van der Waals surface area (Å²) in [5.74, 6) is 0.309. The minimum atomic E-state index is -0.487. The number of β-amino-alcohol motifs (C(OH)–C–C–N with tert-alkyl or cyclic N) is 1. The monoisotopic (exact) mass is 288 g/mol. The van der Waals surface area contributed by atoms with Gasteiger partial charge in [-0.05, 0) is 30.4 Å². The maximum Gasteiger partial charge on any atom is 0.223 e. The van der Waals surface area contributed by atoms with Crippen molar-refractivity contribution in [2.75, 3.05) is 19.6 Å². The zero-order valence-electron chi connectivity index (χ0n) is 12.4. The molecule has 1 fully saturated rings. The smallest absolute Gasteiger partial charge is 0.223 e. The van der Waals surface area contributed by atoms with Gasteiger partial charge < -0.3 is 10.4 Å². The second kappa shape index (κ2) is 6.58. The maximum absolute atomic E-state index is 11.7. The Morgan fingerprint density at radius 3 is 2.81 bits per heavy atom. The molecule has 114 valence electrons. The van der Waals surface area contributed by atoms with Gasteiger partial charge in [-0.15, -0.1) is 0 Å². The summed E-state index contributed by atoms with van der Waals surface area (Å²) in [6.07, 6.45) is 3.72. The van der Waals surface area contributed by atoms with Crippen molar-refractivity contribution in [1.29, 1.82) is 0 Å². The van der Waals surface area contributed by atoms with E-state index in [9.17, 15) is 9.90 Å².